The molecule has 2 aromatic rings. The van der Waals surface area contributed by atoms with E-state index in [1.165, 1.54) is 18.2 Å². The van der Waals surface area contributed by atoms with Gasteiger partial charge in [0.15, 0.2) is 0 Å². The fourth-order valence-corrected chi connectivity index (χ4v) is 1.60. The molecule has 98 valence electrons. The summed E-state index contributed by atoms with van der Waals surface area (Å²) in [4.78, 5) is 22.8. The van der Waals surface area contributed by atoms with E-state index in [9.17, 15) is 9.59 Å². The van der Waals surface area contributed by atoms with Gasteiger partial charge in [-0.3, -0.25) is 9.48 Å². The van der Waals surface area contributed by atoms with Crippen molar-refractivity contribution in [3.8, 4) is 0 Å². The van der Waals surface area contributed by atoms with E-state index in [4.69, 9.17) is 5.11 Å². The lowest BCUT2D eigenvalue weighted by Crippen LogP contribution is -2.12. The number of rotatable bonds is 4. The van der Waals surface area contributed by atoms with Gasteiger partial charge in [-0.05, 0) is 25.1 Å². The van der Waals surface area contributed by atoms with Gasteiger partial charge in [-0.15, -0.1) is 0 Å². The zero-order chi connectivity index (χ0) is 13.8. The maximum atomic E-state index is 11.9. The van der Waals surface area contributed by atoms with E-state index in [1.54, 1.807) is 23.1 Å². The van der Waals surface area contributed by atoms with Gasteiger partial charge in [0.1, 0.15) is 0 Å². The van der Waals surface area contributed by atoms with Gasteiger partial charge in [-0.25, -0.2) is 4.79 Å². The van der Waals surface area contributed by atoms with Crippen LogP contribution in [0.2, 0.25) is 0 Å². The lowest BCUT2D eigenvalue weighted by molar-refractivity contribution is 0.0697. The van der Waals surface area contributed by atoms with Crippen molar-refractivity contribution >= 4 is 17.6 Å². The van der Waals surface area contributed by atoms with Crippen LogP contribution < -0.4 is 5.32 Å². The van der Waals surface area contributed by atoms with Gasteiger partial charge in [0.05, 0.1) is 17.4 Å². The Labute approximate surface area is 109 Å². The van der Waals surface area contributed by atoms with Gasteiger partial charge >= 0.3 is 5.97 Å². The van der Waals surface area contributed by atoms with Crippen LogP contribution in [0.3, 0.4) is 0 Å². The van der Waals surface area contributed by atoms with Crippen LogP contribution in [0.5, 0.6) is 0 Å². The second-order valence-corrected chi connectivity index (χ2v) is 3.92. The van der Waals surface area contributed by atoms with Gasteiger partial charge in [-0.2, -0.15) is 5.10 Å². The number of aromatic nitrogens is 2. The monoisotopic (exact) mass is 259 g/mol. The minimum atomic E-state index is -1.06. The largest absolute Gasteiger partial charge is 0.478 e. The maximum absolute atomic E-state index is 11.9. The second kappa shape index (κ2) is 5.34. The molecule has 0 saturated heterocycles. The molecule has 19 heavy (non-hydrogen) atoms. The Balaban J connectivity index is 2.15. The molecule has 6 heteroatoms. The number of aromatic carboxylic acids is 1. The molecule has 0 atom stereocenters. The molecule has 0 unspecified atom stereocenters. The molecule has 0 spiro atoms. The van der Waals surface area contributed by atoms with Gasteiger partial charge < -0.3 is 10.4 Å². The zero-order valence-electron chi connectivity index (χ0n) is 10.3. The van der Waals surface area contributed by atoms with Crippen LogP contribution in [0.4, 0.5) is 5.69 Å². The predicted octanol–water partition coefficient (Wildman–Crippen LogP) is 1.85. The third-order valence-corrected chi connectivity index (χ3v) is 2.59. The number of aryl methyl sites for hydroxylation is 1. The van der Waals surface area contributed by atoms with E-state index < -0.39 is 5.97 Å². The van der Waals surface area contributed by atoms with E-state index in [2.05, 4.69) is 10.4 Å². The molecule has 0 saturated carbocycles. The van der Waals surface area contributed by atoms with Gasteiger partial charge in [-0.1, -0.05) is 6.07 Å². The van der Waals surface area contributed by atoms with E-state index in [1.807, 2.05) is 6.92 Å². The van der Waals surface area contributed by atoms with E-state index in [0.29, 0.717) is 17.8 Å². The summed E-state index contributed by atoms with van der Waals surface area (Å²) < 4.78 is 1.68. The van der Waals surface area contributed by atoms with Crippen LogP contribution in [0.15, 0.2) is 36.7 Å². The number of carbonyl (C=O) groups excluding carboxylic acids is 1. The summed E-state index contributed by atoms with van der Waals surface area (Å²) in [5, 5.41) is 15.6. The highest BCUT2D eigenvalue weighted by molar-refractivity contribution is 6.05. The number of carboxylic acids is 1. The highest BCUT2D eigenvalue weighted by Crippen LogP contribution is 2.10. The first kappa shape index (κ1) is 12.8. The summed E-state index contributed by atoms with van der Waals surface area (Å²) >= 11 is 0. The zero-order valence-corrected chi connectivity index (χ0v) is 10.3. The van der Waals surface area contributed by atoms with Gasteiger partial charge in [0.25, 0.3) is 5.91 Å². The fraction of sp³-hybridized carbons (Fsp3) is 0.154. The molecule has 0 aliphatic rings. The molecule has 0 bridgehead atoms. The van der Waals surface area contributed by atoms with Crippen molar-refractivity contribution < 1.29 is 14.7 Å². The first-order chi connectivity index (χ1) is 9.10. The molecule has 0 aliphatic heterocycles. The number of nitrogens with one attached hydrogen (secondary N) is 1. The molecule has 2 N–H and O–H groups in total. The standard InChI is InChI=1S/C13H13N3O3/c1-2-16-8-11(7-14-16)15-12(17)9-4-3-5-10(6-9)13(18)19/h3-8H,2H2,1H3,(H,15,17)(H,18,19). The summed E-state index contributed by atoms with van der Waals surface area (Å²) in [5.41, 5.74) is 0.952. The first-order valence-corrected chi connectivity index (χ1v) is 5.77. The van der Waals surface area contributed by atoms with Crippen molar-refractivity contribution in [1.82, 2.24) is 9.78 Å². The summed E-state index contributed by atoms with van der Waals surface area (Å²) in [6, 6.07) is 5.87. The smallest absolute Gasteiger partial charge is 0.335 e. The van der Waals surface area contributed by atoms with E-state index in [0.717, 1.165) is 0 Å². The Hall–Kier alpha value is -2.63. The Morgan fingerprint density at radius 2 is 2.11 bits per heavy atom. The van der Waals surface area contributed by atoms with Crippen LogP contribution in [-0.4, -0.2) is 26.8 Å². The Morgan fingerprint density at radius 3 is 2.74 bits per heavy atom. The van der Waals surface area contributed by atoms with E-state index >= 15 is 0 Å². The third kappa shape index (κ3) is 2.98. The van der Waals surface area contributed by atoms with Gasteiger partial charge in [0.2, 0.25) is 0 Å². The van der Waals surface area contributed by atoms with Crippen LogP contribution in [0, 0.1) is 0 Å². The van der Waals surface area contributed by atoms with Crippen molar-refractivity contribution in [2.45, 2.75) is 13.5 Å². The van der Waals surface area contributed by atoms with Crippen LogP contribution in [0.1, 0.15) is 27.6 Å². The number of carboxylic acid groups (broad SMARTS) is 1. The molecule has 2 rings (SSSR count). The Kier molecular flexibility index (Phi) is 3.61. The number of carbonyl (C=O) groups is 2. The summed E-state index contributed by atoms with van der Waals surface area (Å²) in [6.07, 6.45) is 3.25. The number of nitrogens with zero attached hydrogens (tertiary/aromatic N) is 2. The molecular formula is C13H13N3O3. The SMILES string of the molecule is CCn1cc(NC(=O)c2cccc(C(=O)O)c2)cn1. The van der Waals surface area contributed by atoms with Crippen molar-refractivity contribution in [3.63, 3.8) is 0 Å². The first-order valence-electron chi connectivity index (χ1n) is 5.77. The quantitative estimate of drug-likeness (QED) is 0.877. The molecule has 1 aromatic carbocycles. The lowest BCUT2D eigenvalue weighted by Gasteiger charge is -2.03. The van der Waals surface area contributed by atoms with E-state index in [-0.39, 0.29) is 11.5 Å². The van der Waals surface area contributed by atoms with Crippen LogP contribution in [0.25, 0.3) is 0 Å². The fourth-order valence-electron chi connectivity index (χ4n) is 1.60. The topological polar surface area (TPSA) is 84.2 Å². The minimum Gasteiger partial charge on any atom is -0.478 e. The molecule has 0 radical (unpaired) electrons. The third-order valence-electron chi connectivity index (χ3n) is 2.59. The number of hydrogen-bond donors (Lipinski definition) is 2. The molecule has 0 fully saturated rings. The average molecular weight is 259 g/mol. The van der Waals surface area contributed by atoms with Crippen LogP contribution in [-0.2, 0) is 6.54 Å². The number of amides is 1. The highest BCUT2D eigenvalue weighted by Gasteiger charge is 2.10. The van der Waals surface area contributed by atoms with Crippen molar-refractivity contribution in [2.24, 2.45) is 0 Å². The molecule has 0 aliphatic carbocycles. The van der Waals surface area contributed by atoms with Crippen molar-refractivity contribution in [2.75, 3.05) is 5.32 Å². The summed E-state index contributed by atoms with van der Waals surface area (Å²) in [7, 11) is 0. The number of anilines is 1. The van der Waals surface area contributed by atoms with Crippen molar-refractivity contribution in [1.29, 1.82) is 0 Å². The molecule has 1 heterocycles. The van der Waals surface area contributed by atoms with Crippen molar-refractivity contribution in [3.05, 3.63) is 47.8 Å². The van der Waals surface area contributed by atoms with Crippen LogP contribution >= 0.6 is 0 Å². The normalized spacial score (nSPS) is 10.2. The Morgan fingerprint density at radius 1 is 1.37 bits per heavy atom. The number of benzene rings is 1. The minimum absolute atomic E-state index is 0.0805. The molecule has 1 amide bonds. The molecule has 6 nitrogen and oxygen atoms in total. The van der Waals surface area contributed by atoms with Gasteiger partial charge in [0, 0.05) is 18.3 Å². The lowest BCUT2D eigenvalue weighted by atomic mass is 10.1. The molecular weight excluding hydrogens is 246 g/mol. The highest BCUT2D eigenvalue weighted by atomic mass is 16.4. The Bertz CT molecular complexity index is 619. The maximum Gasteiger partial charge on any atom is 0.335 e. The summed E-state index contributed by atoms with van der Waals surface area (Å²) in [6.45, 7) is 2.65. The molecule has 1 aromatic heterocycles. The summed E-state index contributed by atoms with van der Waals surface area (Å²) in [5.74, 6) is -1.42. The predicted molar refractivity (Wildman–Crippen MR) is 69.3 cm³/mol. The average Bonchev–Trinajstić information content (AvgIpc) is 2.86. The number of hydrogen-bond acceptors (Lipinski definition) is 3. The second-order valence-electron chi connectivity index (χ2n) is 3.92.